The Morgan fingerprint density at radius 1 is 1.05 bits per heavy atom. The Labute approximate surface area is 114 Å². The van der Waals surface area contributed by atoms with E-state index in [1.54, 1.807) is 24.4 Å². The summed E-state index contributed by atoms with van der Waals surface area (Å²) in [6, 6.07) is 11.0. The first-order valence-electron chi connectivity index (χ1n) is 6.04. The van der Waals surface area contributed by atoms with Gasteiger partial charge in [0, 0.05) is 23.0 Å². The van der Waals surface area contributed by atoms with E-state index in [0.717, 1.165) is 0 Å². The minimum absolute atomic E-state index is 0.164. The van der Waals surface area contributed by atoms with Crippen molar-refractivity contribution in [2.75, 3.05) is 11.1 Å². The van der Waals surface area contributed by atoms with Gasteiger partial charge in [0.05, 0.1) is 5.39 Å². The van der Waals surface area contributed by atoms with Crippen LogP contribution in [0.15, 0.2) is 48.7 Å². The number of nitrogens with one attached hydrogen (secondary N) is 1. The number of halogens is 1. The van der Waals surface area contributed by atoms with Crippen LogP contribution in [-0.2, 0) is 0 Å². The van der Waals surface area contributed by atoms with Crippen molar-refractivity contribution in [1.82, 2.24) is 4.98 Å². The molecule has 4 N–H and O–H groups in total. The topological polar surface area (TPSA) is 71.2 Å². The highest BCUT2D eigenvalue weighted by Crippen LogP contribution is 2.30. The van der Waals surface area contributed by atoms with Crippen LogP contribution in [0.25, 0.3) is 10.8 Å². The van der Waals surface area contributed by atoms with Crippen molar-refractivity contribution in [2.24, 2.45) is 0 Å². The lowest BCUT2D eigenvalue weighted by Crippen LogP contribution is -1.98. The van der Waals surface area contributed by atoms with Gasteiger partial charge in [-0.05, 0) is 42.5 Å². The van der Waals surface area contributed by atoms with Crippen LogP contribution in [0.3, 0.4) is 0 Å². The summed E-state index contributed by atoms with van der Waals surface area (Å²) in [4.78, 5) is 4.16. The number of phenolic OH excluding ortho intramolecular Hbond substituents is 1. The highest BCUT2D eigenvalue weighted by Gasteiger charge is 2.10. The van der Waals surface area contributed by atoms with Crippen molar-refractivity contribution in [3.8, 4) is 5.75 Å². The summed E-state index contributed by atoms with van der Waals surface area (Å²) in [7, 11) is 0. The van der Waals surface area contributed by atoms with Crippen LogP contribution in [-0.4, -0.2) is 10.1 Å². The van der Waals surface area contributed by atoms with Gasteiger partial charge in [-0.2, -0.15) is 0 Å². The molecule has 0 aliphatic heterocycles. The second kappa shape index (κ2) is 4.70. The number of benzene rings is 2. The van der Waals surface area contributed by atoms with Crippen LogP contribution < -0.4 is 11.1 Å². The Kier molecular flexibility index (Phi) is 2.87. The Balaban J connectivity index is 2.12. The first-order chi connectivity index (χ1) is 9.65. The Hall–Kier alpha value is -2.82. The number of nitrogens with zero attached hydrogens (tertiary/aromatic N) is 1. The summed E-state index contributed by atoms with van der Waals surface area (Å²) in [5.41, 5.74) is 7.05. The molecule has 0 fully saturated rings. The zero-order valence-corrected chi connectivity index (χ0v) is 10.5. The van der Waals surface area contributed by atoms with Crippen molar-refractivity contribution < 1.29 is 9.50 Å². The minimum atomic E-state index is -0.386. The fraction of sp³-hybridized carbons (Fsp3) is 0. The number of hydrogen-bond acceptors (Lipinski definition) is 4. The van der Waals surface area contributed by atoms with E-state index in [9.17, 15) is 9.50 Å². The molecule has 2 aromatic carbocycles. The molecule has 3 aromatic rings. The molecule has 0 amide bonds. The molecule has 0 aliphatic rings. The molecule has 0 spiro atoms. The number of fused-ring (bicyclic) bond motifs is 1. The first-order valence-corrected chi connectivity index (χ1v) is 6.04. The lowest BCUT2D eigenvalue weighted by molar-refractivity contribution is 0.475. The Bertz CT molecular complexity index is 772. The average molecular weight is 269 g/mol. The fourth-order valence-corrected chi connectivity index (χ4v) is 2.06. The molecule has 1 heterocycles. The van der Waals surface area contributed by atoms with Crippen molar-refractivity contribution in [3.05, 3.63) is 54.5 Å². The van der Waals surface area contributed by atoms with E-state index >= 15 is 0 Å². The standard InChI is InChI=1S/C15H12FN3O/c16-12-5-6-13(17)11-7-8-18-15(14(11)12)19-9-1-3-10(20)4-2-9/h1-8,20H,17H2,(H,18,19). The predicted molar refractivity (Wildman–Crippen MR) is 77.5 cm³/mol. The van der Waals surface area contributed by atoms with Gasteiger partial charge >= 0.3 is 0 Å². The summed E-state index contributed by atoms with van der Waals surface area (Å²) in [6.07, 6.45) is 1.57. The number of anilines is 3. The number of aromatic nitrogens is 1. The quantitative estimate of drug-likeness (QED) is 0.492. The molecule has 0 atom stereocenters. The first kappa shape index (κ1) is 12.2. The fourth-order valence-electron chi connectivity index (χ4n) is 2.06. The van der Waals surface area contributed by atoms with Gasteiger partial charge in [0.1, 0.15) is 17.4 Å². The highest BCUT2D eigenvalue weighted by molar-refractivity contribution is 6.00. The van der Waals surface area contributed by atoms with Crippen LogP contribution in [0.4, 0.5) is 21.6 Å². The number of hydrogen-bond donors (Lipinski definition) is 3. The molecule has 20 heavy (non-hydrogen) atoms. The van der Waals surface area contributed by atoms with Crippen molar-refractivity contribution in [1.29, 1.82) is 0 Å². The molecule has 0 saturated carbocycles. The molecule has 0 radical (unpaired) electrons. The van der Waals surface area contributed by atoms with Crippen molar-refractivity contribution >= 4 is 28.0 Å². The van der Waals surface area contributed by atoms with Gasteiger partial charge in [0.2, 0.25) is 0 Å². The lowest BCUT2D eigenvalue weighted by Gasteiger charge is -2.10. The maximum Gasteiger partial charge on any atom is 0.141 e. The molecule has 0 unspecified atom stereocenters. The van der Waals surface area contributed by atoms with E-state index < -0.39 is 0 Å². The lowest BCUT2D eigenvalue weighted by atomic mass is 10.1. The monoisotopic (exact) mass is 269 g/mol. The number of rotatable bonds is 2. The highest BCUT2D eigenvalue weighted by atomic mass is 19.1. The van der Waals surface area contributed by atoms with Crippen LogP contribution in [0, 0.1) is 5.82 Å². The summed E-state index contributed by atoms with van der Waals surface area (Å²) >= 11 is 0. The molecule has 4 nitrogen and oxygen atoms in total. The molecule has 100 valence electrons. The normalized spacial score (nSPS) is 10.7. The SMILES string of the molecule is Nc1ccc(F)c2c(Nc3ccc(O)cc3)nccc12. The van der Waals surface area contributed by atoms with Gasteiger partial charge < -0.3 is 16.2 Å². The van der Waals surface area contributed by atoms with Crippen LogP contribution in [0.2, 0.25) is 0 Å². The second-order valence-corrected chi connectivity index (χ2v) is 4.39. The molecule has 0 bridgehead atoms. The number of nitrogen functional groups attached to an aromatic ring is 1. The van der Waals surface area contributed by atoms with Crippen LogP contribution in [0.5, 0.6) is 5.75 Å². The summed E-state index contributed by atoms with van der Waals surface area (Å²) in [5, 5.41) is 13.2. The third-order valence-electron chi connectivity index (χ3n) is 3.04. The van der Waals surface area contributed by atoms with Gasteiger partial charge in [-0.15, -0.1) is 0 Å². The van der Waals surface area contributed by atoms with Crippen molar-refractivity contribution in [2.45, 2.75) is 0 Å². The zero-order valence-electron chi connectivity index (χ0n) is 10.5. The number of pyridine rings is 1. The van der Waals surface area contributed by atoms with Gasteiger partial charge in [-0.25, -0.2) is 9.37 Å². The molecule has 3 rings (SSSR count). The number of phenols is 1. The summed E-state index contributed by atoms with van der Waals surface area (Å²) in [6.45, 7) is 0. The van der Waals surface area contributed by atoms with E-state index in [1.807, 2.05) is 0 Å². The Morgan fingerprint density at radius 2 is 1.80 bits per heavy atom. The van der Waals surface area contributed by atoms with E-state index in [2.05, 4.69) is 10.3 Å². The van der Waals surface area contributed by atoms with E-state index in [4.69, 9.17) is 5.73 Å². The van der Waals surface area contributed by atoms with Gasteiger partial charge in [0.25, 0.3) is 0 Å². The number of aromatic hydroxyl groups is 1. The zero-order chi connectivity index (χ0) is 14.1. The van der Waals surface area contributed by atoms with Crippen LogP contribution in [0.1, 0.15) is 0 Å². The Morgan fingerprint density at radius 3 is 2.55 bits per heavy atom. The van der Waals surface area contributed by atoms with Gasteiger partial charge in [-0.1, -0.05) is 0 Å². The maximum absolute atomic E-state index is 14.0. The maximum atomic E-state index is 14.0. The average Bonchev–Trinajstić information content (AvgIpc) is 2.46. The largest absolute Gasteiger partial charge is 0.508 e. The predicted octanol–water partition coefficient (Wildman–Crippen LogP) is 3.41. The molecule has 0 saturated heterocycles. The molecule has 1 aromatic heterocycles. The molecule has 5 heteroatoms. The smallest absolute Gasteiger partial charge is 0.141 e. The summed E-state index contributed by atoms with van der Waals surface area (Å²) in [5.74, 6) is 0.165. The van der Waals surface area contributed by atoms with Gasteiger partial charge in [0.15, 0.2) is 0 Å². The third-order valence-corrected chi connectivity index (χ3v) is 3.04. The van der Waals surface area contributed by atoms with E-state index in [0.29, 0.717) is 28.0 Å². The van der Waals surface area contributed by atoms with Crippen LogP contribution >= 0.6 is 0 Å². The minimum Gasteiger partial charge on any atom is -0.508 e. The molecular formula is C15H12FN3O. The van der Waals surface area contributed by atoms with E-state index in [-0.39, 0.29) is 11.6 Å². The molecule has 0 aliphatic carbocycles. The van der Waals surface area contributed by atoms with Crippen molar-refractivity contribution in [3.63, 3.8) is 0 Å². The van der Waals surface area contributed by atoms with E-state index in [1.165, 1.54) is 24.3 Å². The second-order valence-electron chi connectivity index (χ2n) is 4.39. The summed E-state index contributed by atoms with van der Waals surface area (Å²) < 4.78 is 14.0. The molecular weight excluding hydrogens is 257 g/mol. The number of nitrogens with two attached hydrogens (primary N) is 1. The van der Waals surface area contributed by atoms with Gasteiger partial charge in [-0.3, -0.25) is 0 Å². The third kappa shape index (κ3) is 2.09.